The van der Waals surface area contributed by atoms with Crippen LogP contribution in [0.1, 0.15) is 28.0 Å². The molecule has 1 amide bonds. The summed E-state index contributed by atoms with van der Waals surface area (Å²) in [6.45, 7) is 5.26. The van der Waals surface area contributed by atoms with E-state index in [1.165, 1.54) is 17.5 Å². The number of nitrogens with one attached hydrogen (secondary N) is 2. The second kappa shape index (κ2) is 9.36. The van der Waals surface area contributed by atoms with E-state index in [1.54, 1.807) is 6.20 Å². The second-order valence-electron chi connectivity index (χ2n) is 9.30. The minimum atomic E-state index is -0.284. The van der Waals surface area contributed by atoms with Crippen LogP contribution in [0.2, 0.25) is 0 Å². The SMILES string of the molecule is Cc1cccc(-c2ccc(NC(=O)c3n[nH]c4ccc(-c5cncc(CN6CCC6)c5)cc34)cn2)c1. The molecule has 4 heterocycles. The van der Waals surface area contributed by atoms with E-state index in [0.29, 0.717) is 11.4 Å². The van der Waals surface area contributed by atoms with Crippen LogP contribution in [0.5, 0.6) is 0 Å². The smallest absolute Gasteiger partial charge is 0.276 e. The minimum Gasteiger partial charge on any atom is -0.319 e. The van der Waals surface area contributed by atoms with E-state index in [2.05, 4.69) is 55.5 Å². The van der Waals surface area contributed by atoms with Gasteiger partial charge in [-0.15, -0.1) is 0 Å². The highest BCUT2D eigenvalue weighted by Crippen LogP contribution is 2.27. The van der Waals surface area contributed by atoms with E-state index in [1.807, 2.05) is 54.9 Å². The summed E-state index contributed by atoms with van der Waals surface area (Å²) in [6, 6.07) is 20.1. The molecule has 5 aromatic rings. The lowest BCUT2D eigenvalue weighted by Gasteiger charge is -2.30. The fourth-order valence-electron chi connectivity index (χ4n) is 4.53. The summed E-state index contributed by atoms with van der Waals surface area (Å²) in [6.07, 6.45) is 6.73. The van der Waals surface area contributed by atoms with Gasteiger partial charge in [-0.1, -0.05) is 29.8 Å². The Morgan fingerprint density at radius 2 is 1.89 bits per heavy atom. The highest BCUT2D eigenvalue weighted by Gasteiger charge is 2.17. The molecule has 7 nitrogen and oxygen atoms in total. The quantitative estimate of drug-likeness (QED) is 0.342. The minimum absolute atomic E-state index is 0.284. The molecule has 0 radical (unpaired) electrons. The van der Waals surface area contributed by atoms with E-state index >= 15 is 0 Å². The standard InChI is InChI=1S/C29H26N6O/c1-19-4-2-5-22(12-19)26-9-7-24(17-31-26)32-29(36)28-25-14-21(6-8-27(25)33-34-28)23-13-20(15-30-16-23)18-35-10-3-11-35/h2,4-9,12-17H,3,10-11,18H2,1H3,(H,32,36)(H,33,34). The summed E-state index contributed by atoms with van der Waals surface area (Å²) < 4.78 is 0. The van der Waals surface area contributed by atoms with Gasteiger partial charge in [0.15, 0.2) is 5.69 Å². The van der Waals surface area contributed by atoms with Gasteiger partial charge < -0.3 is 5.32 Å². The van der Waals surface area contributed by atoms with Crippen molar-refractivity contribution in [3.8, 4) is 22.4 Å². The van der Waals surface area contributed by atoms with Gasteiger partial charge in [0.25, 0.3) is 5.91 Å². The van der Waals surface area contributed by atoms with E-state index in [9.17, 15) is 4.79 Å². The highest BCUT2D eigenvalue weighted by atomic mass is 16.1. The van der Waals surface area contributed by atoms with Gasteiger partial charge in [0.1, 0.15) is 0 Å². The monoisotopic (exact) mass is 474 g/mol. The van der Waals surface area contributed by atoms with Crippen LogP contribution in [0.15, 0.2) is 79.3 Å². The number of fused-ring (bicyclic) bond motifs is 1. The van der Waals surface area contributed by atoms with Crippen molar-refractivity contribution >= 4 is 22.5 Å². The number of aromatic nitrogens is 4. The molecule has 6 rings (SSSR count). The summed E-state index contributed by atoms with van der Waals surface area (Å²) in [5.41, 5.74) is 8.07. The molecule has 0 atom stereocenters. The lowest BCUT2D eigenvalue weighted by Crippen LogP contribution is -2.36. The van der Waals surface area contributed by atoms with Crippen molar-refractivity contribution in [3.05, 3.63) is 96.1 Å². The molecular formula is C29H26N6O. The molecular weight excluding hydrogens is 448 g/mol. The maximum absolute atomic E-state index is 13.1. The number of pyridine rings is 2. The van der Waals surface area contributed by atoms with Crippen LogP contribution < -0.4 is 5.32 Å². The molecule has 1 fully saturated rings. The molecule has 178 valence electrons. The van der Waals surface area contributed by atoms with Crippen molar-refractivity contribution in [3.63, 3.8) is 0 Å². The van der Waals surface area contributed by atoms with E-state index in [4.69, 9.17) is 0 Å². The number of anilines is 1. The highest BCUT2D eigenvalue weighted by molar-refractivity contribution is 6.11. The zero-order valence-corrected chi connectivity index (χ0v) is 20.0. The zero-order chi connectivity index (χ0) is 24.5. The van der Waals surface area contributed by atoms with Gasteiger partial charge in [-0.3, -0.25) is 24.8 Å². The first-order valence-electron chi connectivity index (χ1n) is 12.1. The zero-order valence-electron chi connectivity index (χ0n) is 20.0. The number of aryl methyl sites for hydroxylation is 1. The molecule has 1 saturated heterocycles. The topological polar surface area (TPSA) is 86.8 Å². The van der Waals surface area contributed by atoms with Crippen LogP contribution in [-0.4, -0.2) is 44.1 Å². The first-order chi connectivity index (χ1) is 17.6. The number of aromatic amines is 1. The Labute approximate surface area is 209 Å². The summed E-state index contributed by atoms with van der Waals surface area (Å²) in [4.78, 5) is 24.5. The molecule has 3 aromatic heterocycles. The number of benzene rings is 2. The molecule has 1 aliphatic heterocycles. The molecule has 0 saturated carbocycles. The van der Waals surface area contributed by atoms with Gasteiger partial charge in [0.05, 0.1) is 23.1 Å². The lowest BCUT2D eigenvalue weighted by molar-refractivity contribution is 0.102. The number of carbonyl (C=O) groups excluding carboxylic acids is 1. The predicted molar refractivity (Wildman–Crippen MR) is 142 cm³/mol. The van der Waals surface area contributed by atoms with Crippen molar-refractivity contribution in [2.24, 2.45) is 0 Å². The molecule has 0 spiro atoms. The van der Waals surface area contributed by atoms with Crippen LogP contribution in [0.3, 0.4) is 0 Å². The van der Waals surface area contributed by atoms with E-state index in [0.717, 1.165) is 52.9 Å². The molecule has 0 unspecified atom stereocenters. The number of nitrogens with zero attached hydrogens (tertiary/aromatic N) is 4. The number of amides is 1. The molecule has 7 heteroatoms. The summed E-state index contributed by atoms with van der Waals surface area (Å²) in [5, 5.41) is 11.0. The van der Waals surface area contributed by atoms with Gasteiger partial charge in [-0.05, 0) is 74.0 Å². The Morgan fingerprint density at radius 3 is 2.67 bits per heavy atom. The average Bonchev–Trinajstić information content (AvgIpc) is 3.30. The summed E-state index contributed by atoms with van der Waals surface area (Å²) in [5.74, 6) is -0.284. The molecule has 0 aliphatic carbocycles. The van der Waals surface area contributed by atoms with Crippen LogP contribution in [0.25, 0.3) is 33.3 Å². The number of carbonyl (C=O) groups is 1. The van der Waals surface area contributed by atoms with Crippen molar-refractivity contribution in [2.75, 3.05) is 18.4 Å². The van der Waals surface area contributed by atoms with E-state index in [-0.39, 0.29) is 5.91 Å². The van der Waals surface area contributed by atoms with Crippen molar-refractivity contribution in [1.29, 1.82) is 0 Å². The molecule has 0 bridgehead atoms. The van der Waals surface area contributed by atoms with Crippen LogP contribution >= 0.6 is 0 Å². The number of likely N-dealkylation sites (tertiary alicyclic amines) is 1. The number of H-pyrrole nitrogens is 1. The number of hydrogen-bond donors (Lipinski definition) is 2. The molecule has 36 heavy (non-hydrogen) atoms. The maximum atomic E-state index is 13.1. The van der Waals surface area contributed by atoms with Gasteiger partial charge in [0.2, 0.25) is 0 Å². The van der Waals surface area contributed by atoms with Gasteiger partial charge >= 0.3 is 0 Å². The summed E-state index contributed by atoms with van der Waals surface area (Å²) in [7, 11) is 0. The number of hydrogen-bond acceptors (Lipinski definition) is 5. The Balaban J connectivity index is 1.23. The Bertz CT molecular complexity index is 1550. The number of rotatable bonds is 6. The summed E-state index contributed by atoms with van der Waals surface area (Å²) >= 11 is 0. The van der Waals surface area contributed by atoms with Crippen LogP contribution in [0.4, 0.5) is 5.69 Å². The fourth-order valence-corrected chi connectivity index (χ4v) is 4.53. The fraction of sp³-hybridized carbons (Fsp3) is 0.172. The Hall–Kier alpha value is -4.36. The van der Waals surface area contributed by atoms with Crippen LogP contribution in [-0.2, 0) is 6.54 Å². The maximum Gasteiger partial charge on any atom is 0.276 e. The largest absolute Gasteiger partial charge is 0.319 e. The van der Waals surface area contributed by atoms with Gasteiger partial charge in [-0.2, -0.15) is 5.10 Å². The second-order valence-corrected chi connectivity index (χ2v) is 9.30. The first-order valence-corrected chi connectivity index (χ1v) is 12.1. The van der Waals surface area contributed by atoms with Crippen LogP contribution in [0, 0.1) is 6.92 Å². The molecule has 1 aliphatic rings. The van der Waals surface area contributed by atoms with Gasteiger partial charge in [-0.25, -0.2) is 0 Å². The third-order valence-corrected chi connectivity index (χ3v) is 6.60. The Kier molecular flexibility index (Phi) is 5.75. The van der Waals surface area contributed by atoms with E-state index < -0.39 is 0 Å². The Morgan fingerprint density at radius 1 is 0.972 bits per heavy atom. The average molecular weight is 475 g/mol. The molecule has 2 aromatic carbocycles. The molecule has 2 N–H and O–H groups in total. The normalized spacial score (nSPS) is 13.5. The lowest BCUT2D eigenvalue weighted by atomic mass is 10.0. The first kappa shape index (κ1) is 22.1. The predicted octanol–water partition coefficient (Wildman–Crippen LogP) is 5.45. The van der Waals surface area contributed by atoms with Gasteiger partial charge in [0, 0.05) is 35.5 Å². The third kappa shape index (κ3) is 4.48. The third-order valence-electron chi connectivity index (χ3n) is 6.60. The van der Waals surface area contributed by atoms with Crippen molar-refractivity contribution < 1.29 is 4.79 Å². The van der Waals surface area contributed by atoms with Crippen molar-refractivity contribution in [2.45, 2.75) is 19.9 Å². The van der Waals surface area contributed by atoms with Crippen molar-refractivity contribution in [1.82, 2.24) is 25.1 Å².